The molecule has 2 heterocycles. The van der Waals surface area contributed by atoms with Crippen LogP contribution in [0.5, 0.6) is 0 Å². The zero-order valence-electron chi connectivity index (χ0n) is 19.1. The highest BCUT2D eigenvalue weighted by atomic mass is 32.2. The molecule has 3 aliphatic rings. The van der Waals surface area contributed by atoms with E-state index >= 15 is 8.78 Å². The van der Waals surface area contributed by atoms with Crippen molar-refractivity contribution in [3.63, 3.8) is 0 Å². The molecule has 182 valence electrons. The minimum Gasteiger partial charge on any atom is -0.468 e. The van der Waals surface area contributed by atoms with Gasteiger partial charge in [0.05, 0.1) is 19.3 Å². The summed E-state index contributed by atoms with van der Waals surface area (Å²) in [6.07, 6.45) is 1.54. The molecule has 1 saturated carbocycles. The zero-order valence-corrected chi connectivity index (χ0v) is 19.9. The summed E-state index contributed by atoms with van der Waals surface area (Å²) in [6, 6.07) is 10.6. The minimum absolute atomic E-state index is 0.0675. The van der Waals surface area contributed by atoms with E-state index in [2.05, 4.69) is 0 Å². The molecular formula is C25H27F2NO5S. The topological polar surface area (TPSA) is 76.2 Å². The van der Waals surface area contributed by atoms with Gasteiger partial charge in [0.15, 0.2) is 0 Å². The van der Waals surface area contributed by atoms with Crippen LogP contribution in [0.2, 0.25) is 0 Å². The van der Waals surface area contributed by atoms with E-state index in [1.54, 1.807) is 31.2 Å². The van der Waals surface area contributed by atoms with Gasteiger partial charge >= 0.3 is 5.97 Å². The second kappa shape index (κ2) is 8.10. The molecule has 2 aromatic rings. The normalized spacial score (nSPS) is 32.2. The monoisotopic (exact) mass is 491 g/mol. The van der Waals surface area contributed by atoms with Crippen molar-refractivity contribution in [3.8, 4) is 0 Å². The van der Waals surface area contributed by atoms with Gasteiger partial charge in [-0.15, -0.1) is 0 Å². The van der Waals surface area contributed by atoms with Crippen LogP contribution in [0.1, 0.15) is 54.5 Å². The van der Waals surface area contributed by atoms with Crippen LogP contribution in [-0.4, -0.2) is 44.1 Å². The Morgan fingerprint density at radius 3 is 2.44 bits per heavy atom. The third-order valence-electron chi connectivity index (χ3n) is 7.55. The Bertz CT molecular complexity index is 1220. The maximum Gasteiger partial charge on any atom is 0.316 e. The van der Waals surface area contributed by atoms with Crippen LogP contribution in [-0.2, 0) is 36.3 Å². The molecule has 2 saturated heterocycles. The van der Waals surface area contributed by atoms with E-state index in [0.717, 1.165) is 12.1 Å². The minimum atomic E-state index is -3.80. The van der Waals surface area contributed by atoms with Crippen LogP contribution in [0.15, 0.2) is 42.5 Å². The highest BCUT2D eigenvalue weighted by molar-refractivity contribution is 7.89. The number of carbonyl (C=O) groups is 1. The van der Waals surface area contributed by atoms with Crippen molar-refractivity contribution in [1.29, 1.82) is 0 Å². The lowest BCUT2D eigenvalue weighted by molar-refractivity contribution is -0.154. The third kappa shape index (κ3) is 3.65. The van der Waals surface area contributed by atoms with Crippen LogP contribution in [0.25, 0.3) is 0 Å². The number of benzene rings is 2. The molecule has 0 N–H and O–H groups in total. The second-order valence-corrected chi connectivity index (χ2v) is 11.8. The van der Waals surface area contributed by atoms with Gasteiger partial charge in [-0.2, -0.15) is 4.31 Å². The second-order valence-electron chi connectivity index (χ2n) is 9.74. The largest absolute Gasteiger partial charge is 0.468 e. The average Bonchev–Trinajstić information content (AvgIpc) is 3.58. The van der Waals surface area contributed by atoms with E-state index in [-0.39, 0.29) is 36.6 Å². The number of methoxy groups -OCH3 is 1. The van der Waals surface area contributed by atoms with E-state index in [1.165, 1.54) is 11.4 Å². The molecule has 34 heavy (non-hydrogen) atoms. The molecule has 2 atom stereocenters. The van der Waals surface area contributed by atoms with Gasteiger partial charge in [0.25, 0.3) is 0 Å². The Hall–Kier alpha value is -2.36. The maximum atomic E-state index is 15.3. The Morgan fingerprint density at radius 1 is 1.15 bits per heavy atom. The fraction of sp³-hybridized carbons (Fsp3) is 0.480. The quantitative estimate of drug-likeness (QED) is 0.467. The predicted molar refractivity (Wildman–Crippen MR) is 120 cm³/mol. The summed E-state index contributed by atoms with van der Waals surface area (Å²) >= 11 is 0. The molecule has 5 rings (SSSR count). The predicted octanol–water partition coefficient (Wildman–Crippen LogP) is 3.99. The Labute approximate surface area is 197 Å². The molecule has 1 spiro atoms. The highest BCUT2D eigenvalue weighted by Gasteiger charge is 2.68. The molecule has 3 fully saturated rings. The number of sulfonamides is 1. The first-order chi connectivity index (χ1) is 16.1. The van der Waals surface area contributed by atoms with E-state index < -0.39 is 43.9 Å². The van der Waals surface area contributed by atoms with Gasteiger partial charge in [0.2, 0.25) is 10.0 Å². The molecule has 1 aliphatic carbocycles. The van der Waals surface area contributed by atoms with E-state index in [1.807, 2.05) is 6.07 Å². The molecule has 0 amide bonds. The molecular weight excluding hydrogens is 464 g/mol. The summed E-state index contributed by atoms with van der Waals surface area (Å²) in [5.74, 6) is -2.13. The number of nitrogens with zero attached hydrogens (tertiary/aromatic N) is 1. The standard InChI is InChI=1S/C25H27F2NO5S/c1-16-8-9-22(17-6-4-3-5-7-17)34(30,31)28(16)12-18-10-21(27)19(11-20(18)26)25(23(29)32-2)13-24(14-25)15-33-24/h3-7,10-11,16,22H,8-9,12-15H2,1-2H3/t16-,22+,24?,25?/m0/s1. The summed E-state index contributed by atoms with van der Waals surface area (Å²) in [5, 5.41) is -0.732. The lowest BCUT2D eigenvalue weighted by atomic mass is 9.58. The Kier molecular flexibility index (Phi) is 5.57. The number of rotatable bonds is 5. The number of hydrogen-bond acceptors (Lipinski definition) is 5. The van der Waals surface area contributed by atoms with Crippen LogP contribution < -0.4 is 0 Å². The molecule has 9 heteroatoms. The first kappa shape index (κ1) is 23.4. The van der Waals surface area contributed by atoms with Crippen molar-refractivity contribution < 1.29 is 31.5 Å². The number of ether oxygens (including phenoxy) is 2. The van der Waals surface area contributed by atoms with Gasteiger partial charge < -0.3 is 9.47 Å². The van der Waals surface area contributed by atoms with Gasteiger partial charge in [0.1, 0.15) is 22.3 Å². The maximum absolute atomic E-state index is 15.3. The van der Waals surface area contributed by atoms with Crippen LogP contribution in [0.3, 0.4) is 0 Å². The van der Waals surface area contributed by atoms with Crippen molar-refractivity contribution in [2.45, 2.75) is 61.5 Å². The van der Waals surface area contributed by atoms with Crippen LogP contribution in [0, 0.1) is 11.6 Å². The molecule has 0 unspecified atom stereocenters. The Balaban J connectivity index is 1.45. The molecule has 0 aromatic heterocycles. The summed E-state index contributed by atoms with van der Waals surface area (Å²) in [4.78, 5) is 12.5. The fourth-order valence-corrected chi connectivity index (χ4v) is 7.78. The van der Waals surface area contributed by atoms with E-state index in [0.29, 0.717) is 25.0 Å². The molecule has 0 bridgehead atoms. The number of esters is 1. The number of halogens is 2. The van der Waals surface area contributed by atoms with Crippen molar-refractivity contribution in [3.05, 3.63) is 70.8 Å². The van der Waals surface area contributed by atoms with Gasteiger partial charge in [-0.05, 0) is 50.3 Å². The molecule has 2 aromatic carbocycles. The average molecular weight is 492 g/mol. The fourth-order valence-electron chi connectivity index (χ4n) is 5.59. The summed E-state index contributed by atoms with van der Waals surface area (Å²) in [6.45, 7) is 1.98. The lowest BCUT2D eigenvalue weighted by Gasteiger charge is -2.44. The number of carbonyl (C=O) groups excluding carboxylic acids is 1. The molecule has 2 aliphatic heterocycles. The van der Waals surface area contributed by atoms with Gasteiger partial charge in [-0.25, -0.2) is 17.2 Å². The summed E-state index contributed by atoms with van der Waals surface area (Å²) in [5.41, 5.74) is -1.19. The van der Waals surface area contributed by atoms with Crippen molar-refractivity contribution in [2.75, 3.05) is 13.7 Å². The molecule has 0 radical (unpaired) electrons. The summed E-state index contributed by atoms with van der Waals surface area (Å²) in [7, 11) is -2.58. The molecule has 6 nitrogen and oxygen atoms in total. The number of epoxide rings is 1. The first-order valence-electron chi connectivity index (χ1n) is 11.4. The van der Waals surface area contributed by atoms with Gasteiger partial charge in [-0.1, -0.05) is 30.3 Å². The Morgan fingerprint density at radius 2 is 1.82 bits per heavy atom. The first-order valence-corrected chi connectivity index (χ1v) is 12.9. The van der Waals surface area contributed by atoms with Crippen molar-refractivity contribution >= 4 is 16.0 Å². The van der Waals surface area contributed by atoms with Crippen LogP contribution in [0.4, 0.5) is 8.78 Å². The third-order valence-corrected chi connectivity index (χ3v) is 9.92. The zero-order chi connectivity index (χ0) is 24.3. The number of hydrogen-bond donors (Lipinski definition) is 0. The van der Waals surface area contributed by atoms with Crippen LogP contribution >= 0.6 is 0 Å². The SMILES string of the molecule is COC(=O)C1(c2cc(F)c(CN3[C@@H](C)CC[C@H](c4ccccc4)S3(=O)=O)cc2F)CC2(CO2)C1. The van der Waals surface area contributed by atoms with E-state index in [4.69, 9.17) is 9.47 Å². The lowest BCUT2D eigenvalue weighted by Crippen LogP contribution is -2.54. The van der Waals surface area contributed by atoms with Crippen molar-refractivity contribution in [1.82, 2.24) is 4.31 Å². The smallest absolute Gasteiger partial charge is 0.316 e. The highest BCUT2D eigenvalue weighted by Crippen LogP contribution is 2.59. The van der Waals surface area contributed by atoms with Crippen molar-refractivity contribution in [2.24, 2.45) is 0 Å². The van der Waals surface area contributed by atoms with Gasteiger partial charge in [-0.3, -0.25) is 4.79 Å². The van der Waals surface area contributed by atoms with E-state index in [9.17, 15) is 13.2 Å². The van der Waals surface area contributed by atoms with Gasteiger partial charge in [0, 0.05) is 23.7 Å². The summed E-state index contributed by atoms with van der Waals surface area (Å²) < 4.78 is 69.0.